The molecule has 4 aromatic rings. The zero-order chi connectivity index (χ0) is 21.9. The lowest BCUT2D eigenvalue weighted by atomic mass is 9.67. The van der Waals surface area contributed by atoms with Crippen LogP contribution in [0.1, 0.15) is 44.5 Å². The Hall–Kier alpha value is -3.52. The first kappa shape index (κ1) is 19.4. The van der Waals surface area contributed by atoms with Crippen LogP contribution in [0.15, 0.2) is 72.8 Å². The molecule has 154 valence electrons. The first-order valence-electron chi connectivity index (χ1n) is 10.6. The van der Waals surface area contributed by atoms with E-state index in [1.54, 1.807) is 0 Å². The van der Waals surface area contributed by atoms with Gasteiger partial charge in [0, 0.05) is 0 Å². The van der Waals surface area contributed by atoms with Crippen molar-refractivity contribution in [2.75, 3.05) is 0 Å². The average Bonchev–Trinajstić information content (AvgIpc) is 3.01. The largest absolute Gasteiger partial charge is 0.508 e. The first-order valence-corrected chi connectivity index (χ1v) is 10.6. The Morgan fingerprint density at radius 2 is 0.935 bits per heavy atom. The maximum absolute atomic E-state index is 10.7. The molecule has 2 heteroatoms. The Balaban J connectivity index is 2.00. The maximum Gasteiger partial charge on any atom is 0.118 e. The van der Waals surface area contributed by atoms with Gasteiger partial charge in [-0.1, -0.05) is 71.8 Å². The fourth-order valence-corrected chi connectivity index (χ4v) is 5.03. The Morgan fingerprint density at radius 3 is 1.32 bits per heavy atom. The van der Waals surface area contributed by atoms with Crippen LogP contribution in [0.4, 0.5) is 0 Å². The van der Waals surface area contributed by atoms with Crippen LogP contribution in [0.2, 0.25) is 0 Å². The quantitative estimate of drug-likeness (QED) is 0.343. The summed E-state index contributed by atoms with van der Waals surface area (Å²) < 4.78 is 0. The third-order valence-corrected chi connectivity index (χ3v) is 6.73. The van der Waals surface area contributed by atoms with Gasteiger partial charge in [-0.25, -0.2) is 0 Å². The van der Waals surface area contributed by atoms with Crippen molar-refractivity contribution < 1.29 is 10.2 Å². The van der Waals surface area contributed by atoms with Crippen molar-refractivity contribution in [2.45, 2.75) is 33.1 Å². The van der Waals surface area contributed by atoms with Crippen LogP contribution in [-0.4, -0.2) is 10.2 Å². The van der Waals surface area contributed by atoms with Crippen LogP contribution in [0, 0.1) is 27.7 Å². The summed E-state index contributed by atoms with van der Waals surface area (Å²) in [4.78, 5) is 0. The van der Waals surface area contributed by atoms with Crippen molar-refractivity contribution in [2.24, 2.45) is 0 Å². The second-order valence-electron chi connectivity index (χ2n) is 8.85. The molecule has 0 aliphatic heterocycles. The van der Waals surface area contributed by atoms with Crippen molar-refractivity contribution in [3.05, 3.63) is 117 Å². The molecule has 0 spiro atoms. The molecule has 0 heterocycles. The highest BCUT2D eigenvalue weighted by Gasteiger charge is 2.46. The molecule has 0 bridgehead atoms. The van der Waals surface area contributed by atoms with Crippen LogP contribution >= 0.6 is 0 Å². The smallest absolute Gasteiger partial charge is 0.118 e. The Labute approximate surface area is 183 Å². The summed E-state index contributed by atoms with van der Waals surface area (Å²) in [5.41, 5.74) is 10.2. The lowest BCUT2D eigenvalue weighted by molar-refractivity contribution is 0.468. The van der Waals surface area contributed by atoms with Gasteiger partial charge < -0.3 is 10.2 Å². The van der Waals surface area contributed by atoms with Crippen molar-refractivity contribution in [3.63, 3.8) is 0 Å². The minimum absolute atomic E-state index is 0.281. The number of aryl methyl sites for hydroxylation is 4. The summed E-state index contributed by atoms with van der Waals surface area (Å²) in [7, 11) is 0. The van der Waals surface area contributed by atoms with Crippen LogP contribution in [0.3, 0.4) is 0 Å². The molecule has 2 nitrogen and oxygen atoms in total. The van der Waals surface area contributed by atoms with Crippen molar-refractivity contribution in [3.8, 4) is 22.6 Å². The number of phenolic OH excluding ortho intramolecular Hbond substituents is 2. The number of fused-ring (bicyclic) bond motifs is 3. The van der Waals surface area contributed by atoms with E-state index in [4.69, 9.17) is 0 Å². The molecule has 2 N–H and O–H groups in total. The molecule has 0 atom stereocenters. The van der Waals surface area contributed by atoms with E-state index in [1.807, 2.05) is 38.1 Å². The summed E-state index contributed by atoms with van der Waals surface area (Å²) in [6.07, 6.45) is 0. The molecular formula is C29H26O2. The number of hydrogen-bond acceptors (Lipinski definition) is 2. The van der Waals surface area contributed by atoms with Crippen LogP contribution in [-0.2, 0) is 5.41 Å². The van der Waals surface area contributed by atoms with Gasteiger partial charge in [-0.2, -0.15) is 0 Å². The first-order chi connectivity index (χ1) is 14.8. The van der Waals surface area contributed by atoms with Crippen molar-refractivity contribution in [1.29, 1.82) is 0 Å². The van der Waals surface area contributed by atoms with Crippen LogP contribution in [0.5, 0.6) is 11.5 Å². The average molecular weight is 407 g/mol. The molecule has 31 heavy (non-hydrogen) atoms. The second kappa shape index (κ2) is 6.75. The fourth-order valence-electron chi connectivity index (χ4n) is 5.03. The molecule has 5 rings (SSSR count). The summed E-state index contributed by atoms with van der Waals surface area (Å²) in [6.45, 7) is 8.04. The lowest BCUT2D eigenvalue weighted by Crippen LogP contribution is -2.29. The normalized spacial score (nSPS) is 13.7. The van der Waals surface area contributed by atoms with Crippen molar-refractivity contribution >= 4 is 0 Å². The van der Waals surface area contributed by atoms with Gasteiger partial charge in [-0.15, -0.1) is 0 Å². The van der Waals surface area contributed by atoms with Crippen molar-refractivity contribution in [1.82, 2.24) is 0 Å². The number of phenols is 2. The molecule has 0 saturated carbocycles. The molecule has 0 amide bonds. The van der Waals surface area contributed by atoms with Gasteiger partial charge in [0.1, 0.15) is 11.5 Å². The Bertz CT molecular complexity index is 1240. The van der Waals surface area contributed by atoms with E-state index in [2.05, 4.69) is 62.4 Å². The van der Waals surface area contributed by atoms with E-state index < -0.39 is 5.41 Å². The summed E-state index contributed by atoms with van der Waals surface area (Å²) in [5, 5.41) is 21.4. The number of hydrogen-bond donors (Lipinski definition) is 2. The van der Waals surface area contributed by atoms with Crippen LogP contribution < -0.4 is 0 Å². The summed E-state index contributed by atoms with van der Waals surface area (Å²) in [5.74, 6) is 0.562. The standard InChI is InChI=1S/C29H26O2/c1-17-5-11-23-24-12-6-18(2)14-26(24)29(25(23)13-17,21-9-7-19(3)27(30)15-21)22-10-8-20(4)28(31)16-22/h5-16,30-31H,1-4H3. The van der Waals surface area contributed by atoms with E-state index in [0.717, 1.165) is 22.3 Å². The second-order valence-corrected chi connectivity index (χ2v) is 8.85. The highest BCUT2D eigenvalue weighted by Crippen LogP contribution is 2.57. The third kappa shape index (κ3) is 2.71. The van der Waals surface area contributed by atoms with E-state index in [9.17, 15) is 10.2 Å². The molecule has 0 fully saturated rings. The highest BCUT2D eigenvalue weighted by atomic mass is 16.3. The van der Waals surface area contributed by atoms with Gasteiger partial charge in [0.25, 0.3) is 0 Å². The fraction of sp³-hybridized carbons (Fsp3) is 0.172. The molecule has 0 aromatic heterocycles. The van der Waals surface area contributed by atoms with Crippen LogP contribution in [0.25, 0.3) is 11.1 Å². The number of benzene rings is 4. The number of aromatic hydroxyl groups is 2. The van der Waals surface area contributed by atoms with Gasteiger partial charge in [-0.3, -0.25) is 0 Å². The lowest BCUT2D eigenvalue weighted by Gasteiger charge is -2.34. The topological polar surface area (TPSA) is 40.5 Å². The Morgan fingerprint density at radius 1 is 0.516 bits per heavy atom. The molecule has 4 aromatic carbocycles. The highest BCUT2D eigenvalue weighted by molar-refractivity contribution is 5.87. The van der Waals surface area contributed by atoms with Gasteiger partial charge >= 0.3 is 0 Å². The van der Waals surface area contributed by atoms with Gasteiger partial charge in [0.05, 0.1) is 5.41 Å². The molecule has 1 aliphatic carbocycles. The van der Waals surface area contributed by atoms with Gasteiger partial charge in [0.15, 0.2) is 0 Å². The predicted octanol–water partition coefficient (Wildman–Crippen LogP) is 6.69. The summed E-state index contributed by atoms with van der Waals surface area (Å²) in [6, 6.07) is 25.1. The van der Waals surface area contributed by atoms with Gasteiger partial charge in [0.2, 0.25) is 0 Å². The zero-order valence-electron chi connectivity index (χ0n) is 18.3. The van der Waals surface area contributed by atoms with E-state index in [0.29, 0.717) is 0 Å². The minimum atomic E-state index is -0.626. The van der Waals surface area contributed by atoms with Gasteiger partial charge in [-0.05, 0) is 84.3 Å². The predicted molar refractivity (Wildman–Crippen MR) is 126 cm³/mol. The molecule has 1 aliphatic rings. The van der Waals surface area contributed by atoms with E-state index in [1.165, 1.54) is 33.4 Å². The minimum Gasteiger partial charge on any atom is -0.508 e. The molecule has 0 unspecified atom stereocenters. The Kier molecular flexibility index (Phi) is 4.23. The van der Waals surface area contributed by atoms with E-state index >= 15 is 0 Å². The third-order valence-electron chi connectivity index (χ3n) is 6.73. The molecule has 0 radical (unpaired) electrons. The maximum atomic E-state index is 10.7. The molecule has 0 saturated heterocycles. The zero-order valence-corrected chi connectivity index (χ0v) is 18.3. The summed E-state index contributed by atoms with van der Waals surface area (Å²) >= 11 is 0. The van der Waals surface area contributed by atoms with E-state index in [-0.39, 0.29) is 11.5 Å². The monoisotopic (exact) mass is 406 g/mol. The SMILES string of the molecule is Cc1ccc2c(c1)C(c1ccc(C)c(O)c1)(c1ccc(C)c(O)c1)c1cc(C)ccc1-2. The molecular weight excluding hydrogens is 380 g/mol. The number of rotatable bonds is 2.